The van der Waals surface area contributed by atoms with Crippen LogP contribution in [0, 0.1) is 0 Å². The van der Waals surface area contributed by atoms with Crippen LogP contribution in [0.1, 0.15) is 32.6 Å². The van der Waals surface area contributed by atoms with Crippen molar-refractivity contribution in [2.24, 2.45) is 0 Å². The van der Waals surface area contributed by atoms with Crippen molar-refractivity contribution < 1.29 is 9.22 Å². The first-order valence-corrected chi connectivity index (χ1v) is 5.77. The minimum Gasteiger partial charge on any atom is -0.381 e. The van der Waals surface area contributed by atoms with E-state index in [1.807, 2.05) is 7.11 Å². The van der Waals surface area contributed by atoms with Gasteiger partial charge in [0, 0.05) is 32.8 Å². The number of hydrogen-bond donors (Lipinski definition) is 0. The normalized spacial score (nSPS) is 36.6. The van der Waals surface area contributed by atoms with Gasteiger partial charge in [-0.2, -0.15) is 0 Å². The van der Waals surface area contributed by atoms with E-state index in [-0.39, 0.29) is 0 Å². The summed E-state index contributed by atoms with van der Waals surface area (Å²) in [7, 11) is 1.82. The zero-order valence-electron chi connectivity index (χ0n) is 9.46. The van der Waals surface area contributed by atoms with Crippen molar-refractivity contribution in [1.82, 2.24) is 0 Å². The van der Waals surface area contributed by atoms with E-state index in [2.05, 4.69) is 13.5 Å². The number of nitrogens with zero attached hydrogens (tertiary/aromatic N) is 1. The molecule has 0 aromatic carbocycles. The summed E-state index contributed by atoms with van der Waals surface area (Å²) in [5, 5.41) is 0. The molecule has 1 spiro atoms. The number of ether oxygens (including phenoxy) is 1. The predicted octanol–water partition coefficient (Wildman–Crippen LogP) is 2.31. The summed E-state index contributed by atoms with van der Waals surface area (Å²) < 4.78 is 6.66. The van der Waals surface area contributed by atoms with Gasteiger partial charge in [0.15, 0.2) is 0 Å². The van der Waals surface area contributed by atoms with Crippen molar-refractivity contribution in [3.05, 3.63) is 12.3 Å². The lowest BCUT2D eigenvalue weighted by atomic mass is 9.95. The van der Waals surface area contributed by atoms with Crippen molar-refractivity contribution in [3.63, 3.8) is 0 Å². The van der Waals surface area contributed by atoms with Gasteiger partial charge in [0.25, 0.3) is 0 Å². The Kier molecular flexibility index (Phi) is 2.67. The molecule has 2 aliphatic rings. The Bertz CT molecular complexity index is 230. The maximum absolute atomic E-state index is 5.46. The molecule has 2 heteroatoms. The fraction of sp³-hybridized carbons (Fsp3) is 0.833. The highest BCUT2D eigenvalue weighted by Gasteiger charge is 2.45. The van der Waals surface area contributed by atoms with Crippen LogP contribution in [0.25, 0.3) is 0 Å². The lowest BCUT2D eigenvalue weighted by Gasteiger charge is -2.46. The van der Waals surface area contributed by atoms with Crippen LogP contribution >= 0.6 is 0 Å². The van der Waals surface area contributed by atoms with Gasteiger partial charge in [-0.15, -0.1) is 0 Å². The first kappa shape index (κ1) is 10.2. The molecule has 2 aliphatic heterocycles. The van der Waals surface area contributed by atoms with E-state index in [1.54, 1.807) is 0 Å². The first-order chi connectivity index (χ1) is 6.69. The largest absolute Gasteiger partial charge is 0.381 e. The Morgan fingerprint density at radius 1 is 1.36 bits per heavy atom. The Hall–Kier alpha value is -0.340. The molecule has 2 nitrogen and oxygen atoms in total. The van der Waals surface area contributed by atoms with Gasteiger partial charge < -0.3 is 4.74 Å². The highest BCUT2D eigenvalue weighted by molar-refractivity contribution is 4.95. The summed E-state index contributed by atoms with van der Waals surface area (Å²) in [6.45, 7) is 9.28. The predicted molar refractivity (Wildman–Crippen MR) is 57.9 cm³/mol. The van der Waals surface area contributed by atoms with Crippen LogP contribution in [-0.4, -0.2) is 36.8 Å². The lowest BCUT2D eigenvalue weighted by Crippen LogP contribution is -2.55. The van der Waals surface area contributed by atoms with Crippen LogP contribution in [0.15, 0.2) is 12.3 Å². The van der Waals surface area contributed by atoms with Gasteiger partial charge in [0.05, 0.1) is 25.2 Å². The molecule has 0 N–H and O–H groups in total. The molecule has 0 aromatic rings. The van der Waals surface area contributed by atoms with Gasteiger partial charge >= 0.3 is 0 Å². The second kappa shape index (κ2) is 3.67. The molecule has 2 saturated heterocycles. The van der Waals surface area contributed by atoms with Crippen molar-refractivity contribution in [2.75, 3.05) is 20.2 Å². The van der Waals surface area contributed by atoms with Crippen molar-refractivity contribution in [1.29, 1.82) is 0 Å². The maximum atomic E-state index is 5.46. The van der Waals surface area contributed by atoms with Gasteiger partial charge in [-0.1, -0.05) is 0 Å². The third-order valence-electron chi connectivity index (χ3n) is 4.24. The van der Waals surface area contributed by atoms with E-state index in [4.69, 9.17) is 4.74 Å². The summed E-state index contributed by atoms with van der Waals surface area (Å²) in [5.41, 5.74) is 1.41. The van der Waals surface area contributed by atoms with E-state index in [9.17, 15) is 0 Å². The van der Waals surface area contributed by atoms with Crippen molar-refractivity contribution >= 4 is 0 Å². The molecular weight excluding hydrogens is 174 g/mol. The molecule has 2 heterocycles. The van der Waals surface area contributed by atoms with Crippen LogP contribution < -0.4 is 0 Å². The Morgan fingerprint density at radius 2 is 2.00 bits per heavy atom. The van der Waals surface area contributed by atoms with Gasteiger partial charge in [-0.25, -0.2) is 0 Å². The molecule has 2 fully saturated rings. The van der Waals surface area contributed by atoms with Crippen LogP contribution in [-0.2, 0) is 4.74 Å². The van der Waals surface area contributed by atoms with E-state index in [0.717, 1.165) is 6.42 Å². The van der Waals surface area contributed by atoms with Crippen molar-refractivity contribution in [2.45, 2.75) is 44.8 Å². The molecule has 0 amide bonds. The first-order valence-electron chi connectivity index (χ1n) is 5.77. The second-order valence-electron chi connectivity index (χ2n) is 4.90. The number of rotatable bonds is 1. The van der Waals surface area contributed by atoms with E-state index < -0.39 is 0 Å². The molecule has 0 radical (unpaired) electrons. The third kappa shape index (κ3) is 1.41. The van der Waals surface area contributed by atoms with Gasteiger partial charge in [-0.3, -0.25) is 4.48 Å². The summed E-state index contributed by atoms with van der Waals surface area (Å²) in [6.07, 6.45) is 5.44. The van der Waals surface area contributed by atoms with Gasteiger partial charge in [0.2, 0.25) is 0 Å². The summed E-state index contributed by atoms with van der Waals surface area (Å²) >= 11 is 0. The molecule has 0 aromatic heterocycles. The summed E-state index contributed by atoms with van der Waals surface area (Å²) in [4.78, 5) is 0. The number of piperidine rings is 1. The molecule has 0 aliphatic carbocycles. The maximum Gasteiger partial charge on any atom is 0.104 e. The second-order valence-corrected chi connectivity index (χ2v) is 4.90. The SMILES string of the molecule is C=C1CC(OC)CC(C)[N+]12CCCC2. The topological polar surface area (TPSA) is 9.23 Å². The lowest BCUT2D eigenvalue weighted by molar-refractivity contribution is -0.909. The molecule has 14 heavy (non-hydrogen) atoms. The van der Waals surface area contributed by atoms with E-state index in [0.29, 0.717) is 12.1 Å². The fourth-order valence-electron chi connectivity index (χ4n) is 3.26. The highest BCUT2D eigenvalue weighted by atomic mass is 16.5. The standard InChI is InChI=1S/C12H22NO/c1-10-8-12(14-3)9-11(2)13(10)6-4-5-7-13/h11-12H,1,4-9H2,2-3H3/q+1. The average molecular weight is 196 g/mol. The van der Waals surface area contributed by atoms with Gasteiger partial charge in [0.1, 0.15) is 5.70 Å². The minimum atomic E-state index is 0.418. The summed E-state index contributed by atoms with van der Waals surface area (Å²) in [5.74, 6) is 0. The number of hydrogen-bond acceptors (Lipinski definition) is 1. The third-order valence-corrected chi connectivity index (χ3v) is 4.24. The zero-order chi connectivity index (χ0) is 10.2. The average Bonchev–Trinajstić information content (AvgIpc) is 2.64. The molecule has 2 atom stereocenters. The minimum absolute atomic E-state index is 0.418. The quantitative estimate of drug-likeness (QED) is 0.585. The van der Waals surface area contributed by atoms with Crippen LogP contribution in [0.5, 0.6) is 0 Å². The van der Waals surface area contributed by atoms with Crippen LogP contribution in [0.2, 0.25) is 0 Å². The Labute approximate surface area is 87.1 Å². The molecule has 80 valence electrons. The smallest absolute Gasteiger partial charge is 0.104 e. The zero-order valence-corrected chi connectivity index (χ0v) is 9.46. The molecule has 0 saturated carbocycles. The molecular formula is C12H22NO+. The van der Waals surface area contributed by atoms with Crippen LogP contribution in [0.4, 0.5) is 0 Å². The molecule has 0 bridgehead atoms. The highest BCUT2D eigenvalue weighted by Crippen LogP contribution is 2.38. The fourth-order valence-corrected chi connectivity index (χ4v) is 3.26. The Balaban J connectivity index is 2.15. The van der Waals surface area contributed by atoms with Gasteiger partial charge in [-0.05, 0) is 13.5 Å². The summed E-state index contributed by atoms with van der Waals surface area (Å²) in [6, 6.07) is 0.712. The van der Waals surface area contributed by atoms with E-state index in [1.165, 1.54) is 42.5 Å². The van der Waals surface area contributed by atoms with Crippen LogP contribution in [0.3, 0.4) is 0 Å². The number of methoxy groups -OCH3 is 1. The number of quaternary nitrogens is 1. The van der Waals surface area contributed by atoms with Crippen molar-refractivity contribution in [3.8, 4) is 0 Å². The Morgan fingerprint density at radius 3 is 2.50 bits per heavy atom. The monoisotopic (exact) mass is 196 g/mol. The van der Waals surface area contributed by atoms with E-state index >= 15 is 0 Å². The molecule has 2 unspecified atom stereocenters. The molecule has 2 rings (SSSR count).